The smallest absolute Gasteiger partial charge is 0.253 e. The minimum absolute atomic E-state index is 0.0798. The zero-order chi connectivity index (χ0) is 12.1. The molecule has 3 nitrogen and oxygen atoms in total. The molecule has 0 aliphatic carbocycles. The van der Waals surface area contributed by atoms with Crippen molar-refractivity contribution in [2.45, 2.75) is 20.8 Å². The summed E-state index contributed by atoms with van der Waals surface area (Å²) in [5.41, 5.74) is 6.98. The Balaban J connectivity index is 2.78. The molecule has 2 N–H and O–H groups in total. The number of hydrogen-bond donors (Lipinski definition) is 1. The van der Waals surface area contributed by atoms with Crippen LogP contribution in [0.1, 0.15) is 31.1 Å². The van der Waals surface area contributed by atoms with Gasteiger partial charge in [0.1, 0.15) is 0 Å². The van der Waals surface area contributed by atoms with Crippen LogP contribution in [0.3, 0.4) is 0 Å². The fraction of sp³-hybridized carbons (Fsp3) is 0.462. The number of anilines is 1. The van der Waals surface area contributed by atoms with Gasteiger partial charge in [-0.15, -0.1) is 0 Å². The highest BCUT2D eigenvalue weighted by atomic mass is 16.2. The summed E-state index contributed by atoms with van der Waals surface area (Å²) in [6, 6.07) is 7.08. The Kier molecular flexibility index (Phi) is 4.35. The van der Waals surface area contributed by atoms with Crippen molar-refractivity contribution in [2.24, 2.45) is 5.92 Å². The van der Waals surface area contributed by atoms with Gasteiger partial charge in [-0.05, 0) is 37.1 Å². The van der Waals surface area contributed by atoms with E-state index >= 15 is 0 Å². The van der Waals surface area contributed by atoms with Gasteiger partial charge in [0, 0.05) is 24.3 Å². The average molecular weight is 220 g/mol. The number of nitrogens with zero attached hydrogens (tertiary/aromatic N) is 1. The predicted octanol–water partition coefficient (Wildman–Crippen LogP) is 2.39. The number of nitrogens with two attached hydrogens (primary N) is 1. The molecular formula is C13H20N2O. The minimum Gasteiger partial charge on any atom is -0.399 e. The number of carbonyl (C=O) groups excluding carboxylic acids is 1. The van der Waals surface area contributed by atoms with Crippen LogP contribution in [0, 0.1) is 5.92 Å². The third-order valence-electron chi connectivity index (χ3n) is 2.41. The Morgan fingerprint density at radius 2 is 1.88 bits per heavy atom. The van der Waals surface area contributed by atoms with Crippen LogP contribution in [-0.4, -0.2) is 23.9 Å². The van der Waals surface area contributed by atoms with E-state index in [0.29, 0.717) is 17.2 Å². The Morgan fingerprint density at radius 1 is 1.31 bits per heavy atom. The standard InChI is InChI=1S/C13H20N2O/c1-4-15(9-10(2)3)13(16)11-5-7-12(14)8-6-11/h5-8,10H,4,9,14H2,1-3H3. The first kappa shape index (κ1) is 12.6. The number of hydrogen-bond acceptors (Lipinski definition) is 2. The first-order chi connectivity index (χ1) is 7.54. The summed E-state index contributed by atoms with van der Waals surface area (Å²) in [7, 11) is 0. The van der Waals surface area contributed by atoms with Gasteiger partial charge in [0.05, 0.1) is 0 Å². The number of nitrogen functional groups attached to an aromatic ring is 1. The van der Waals surface area contributed by atoms with Crippen molar-refractivity contribution >= 4 is 11.6 Å². The molecule has 0 aliphatic rings. The molecule has 0 aromatic heterocycles. The summed E-state index contributed by atoms with van der Waals surface area (Å²) >= 11 is 0. The van der Waals surface area contributed by atoms with E-state index in [1.165, 1.54) is 0 Å². The largest absolute Gasteiger partial charge is 0.399 e. The fourth-order valence-corrected chi connectivity index (χ4v) is 1.60. The summed E-state index contributed by atoms with van der Waals surface area (Å²) in [5, 5.41) is 0. The van der Waals surface area contributed by atoms with Crippen LogP contribution in [0.15, 0.2) is 24.3 Å². The van der Waals surface area contributed by atoms with Gasteiger partial charge in [-0.1, -0.05) is 13.8 Å². The molecule has 1 aromatic carbocycles. The highest BCUT2D eigenvalue weighted by Gasteiger charge is 2.14. The van der Waals surface area contributed by atoms with E-state index in [0.717, 1.165) is 13.1 Å². The zero-order valence-corrected chi connectivity index (χ0v) is 10.2. The van der Waals surface area contributed by atoms with Crippen LogP contribution >= 0.6 is 0 Å². The molecule has 88 valence electrons. The van der Waals surface area contributed by atoms with Crippen molar-refractivity contribution in [3.63, 3.8) is 0 Å². The lowest BCUT2D eigenvalue weighted by molar-refractivity contribution is 0.0746. The number of rotatable bonds is 4. The number of benzene rings is 1. The molecule has 0 bridgehead atoms. The molecule has 0 unspecified atom stereocenters. The molecule has 0 radical (unpaired) electrons. The molecule has 0 fully saturated rings. The number of carbonyl (C=O) groups is 1. The van der Waals surface area contributed by atoms with Gasteiger partial charge < -0.3 is 10.6 Å². The SMILES string of the molecule is CCN(CC(C)C)C(=O)c1ccc(N)cc1. The Morgan fingerprint density at radius 3 is 2.31 bits per heavy atom. The fourth-order valence-electron chi connectivity index (χ4n) is 1.60. The average Bonchev–Trinajstić information content (AvgIpc) is 2.25. The third kappa shape index (κ3) is 3.26. The predicted molar refractivity (Wildman–Crippen MR) is 67.3 cm³/mol. The number of amides is 1. The topological polar surface area (TPSA) is 46.3 Å². The molecule has 0 spiro atoms. The van der Waals surface area contributed by atoms with Gasteiger partial charge in [0.25, 0.3) is 5.91 Å². The molecule has 0 saturated carbocycles. The lowest BCUT2D eigenvalue weighted by Gasteiger charge is -2.23. The van der Waals surface area contributed by atoms with Crippen LogP contribution in [-0.2, 0) is 0 Å². The van der Waals surface area contributed by atoms with E-state index in [-0.39, 0.29) is 5.91 Å². The highest BCUT2D eigenvalue weighted by molar-refractivity contribution is 5.94. The van der Waals surface area contributed by atoms with Crippen molar-refractivity contribution in [1.29, 1.82) is 0 Å². The quantitative estimate of drug-likeness (QED) is 0.792. The summed E-state index contributed by atoms with van der Waals surface area (Å²) in [6.45, 7) is 7.75. The van der Waals surface area contributed by atoms with Crippen LogP contribution < -0.4 is 5.73 Å². The lowest BCUT2D eigenvalue weighted by atomic mass is 10.1. The van der Waals surface area contributed by atoms with Gasteiger partial charge in [-0.3, -0.25) is 4.79 Å². The summed E-state index contributed by atoms with van der Waals surface area (Å²) in [5.74, 6) is 0.564. The van der Waals surface area contributed by atoms with Crippen LogP contribution in [0.5, 0.6) is 0 Å². The Hall–Kier alpha value is -1.51. The Labute approximate surface area is 97.2 Å². The summed E-state index contributed by atoms with van der Waals surface area (Å²) < 4.78 is 0. The maximum absolute atomic E-state index is 12.1. The molecule has 16 heavy (non-hydrogen) atoms. The molecule has 1 aromatic rings. The van der Waals surface area contributed by atoms with E-state index in [2.05, 4.69) is 13.8 Å². The second-order valence-electron chi connectivity index (χ2n) is 4.36. The van der Waals surface area contributed by atoms with Gasteiger partial charge >= 0.3 is 0 Å². The second kappa shape index (κ2) is 5.54. The van der Waals surface area contributed by atoms with E-state index in [4.69, 9.17) is 5.73 Å². The maximum Gasteiger partial charge on any atom is 0.253 e. The summed E-state index contributed by atoms with van der Waals surface area (Å²) in [4.78, 5) is 14.0. The molecule has 0 heterocycles. The van der Waals surface area contributed by atoms with Crippen molar-refractivity contribution in [2.75, 3.05) is 18.8 Å². The molecule has 1 rings (SSSR count). The van der Waals surface area contributed by atoms with Gasteiger partial charge in [-0.2, -0.15) is 0 Å². The van der Waals surface area contributed by atoms with E-state index in [9.17, 15) is 4.79 Å². The molecule has 0 saturated heterocycles. The van der Waals surface area contributed by atoms with E-state index in [1.807, 2.05) is 11.8 Å². The normalized spacial score (nSPS) is 10.5. The summed E-state index contributed by atoms with van der Waals surface area (Å²) in [6.07, 6.45) is 0. The van der Waals surface area contributed by atoms with Crippen LogP contribution in [0.4, 0.5) is 5.69 Å². The highest BCUT2D eigenvalue weighted by Crippen LogP contribution is 2.10. The van der Waals surface area contributed by atoms with Crippen molar-refractivity contribution < 1.29 is 4.79 Å². The van der Waals surface area contributed by atoms with Crippen molar-refractivity contribution in [1.82, 2.24) is 4.90 Å². The molecule has 1 amide bonds. The van der Waals surface area contributed by atoms with Gasteiger partial charge in [0.15, 0.2) is 0 Å². The first-order valence-electron chi connectivity index (χ1n) is 5.69. The second-order valence-corrected chi connectivity index (χ2v) is 4.36. The minimum atomic E-state index is 0.0798. The van der Waals surface area contributed by atoms with Crippen molar-refractivity contribution in [3.8, 4) is 0 Å². The van der Waals surface area contributed by atoms with Crippen LogP contribution in [0.2, 0.25) is 0 Å². The molecule has 0 aliphatic heterocycles. The van der Waals surface area contributed by atoms with Crippen molar-refractivity contribution in [3.05, 3.63) is 29.8 Å². The first-order valence-corrected chi connectivity index (χ1v) is 5.69. The van der Waals surface area contributed by atoms with Crippen LogP contribution in [0.25, 0.3) is 0 Å². The van der Waals surface area contributed by atoms with E-state index in [1.54, 1.807) is 24.3 Å². The maximum atomic E-state index is 12.1. The lowest BCUT2D eigenvalue weighted by Crippen LogP contribution is -2.33. The van der Waals surface area contributed by atoms with Gasteiger partial charge in [0.2, 0.25) is 0 Å². The Bertz CT molecular complexity index is 343. The zero-order valence-electron chi connectivity index (χ0n) is 10.2. The molecule has 0 atom stereocenters. The van der Waals surface area contributed by atoms with Gasteiger partial charge in [-0.25, -0.2) is 0 Å². The third-order valence-corrected chi connectivity index (χ3v) is 2.41. The van der Waals surface area contributed by atoms with E-state index < -0.39 is 0 Å². The molecular weight excluding hydrogens is 200 g/mol. The molecule has 3 heteroatoms. The monoisotopic (exact) mass is 220 g/mol.